The summed E-state index contributed by atoms with van der Waals surface area (Å²) >= 11 is 11.9. The maximum absolute atomic E-state index is 5.99. The van der Waals surface area contributed by atoms with E-state index in [4.69, 9.17) is 23.2 Å². The molecule has 0 spiro atoms. The highest BCUT2D eigenvalue weighted by Crippen LogP contribution is 2.22. The summed E-state index contributed by atoms with van der Waals surface area (Å²) in [6.07, 6.45) is 1.31. The van der Waals surface area contributed by atoms with E-state index in [0.29, 0.717) is 10.0 Å². The summed E-state index contributed by atoms with van der Waals surface area (Å²) < 4.78 is 0. The molecule has 1 aromatic rings. The van der Waals surface area contributed by atoms with E-state index in [1.165, 1.54) is 31.6 Å². The first kappa shape index (κ1) is 14.1. The van der Waals surface area contributed by atoms with Gasteiger partial charge in [-0.15, -0.1) is 0 Å². The van der Waals surface area contributed by atoms with Crippen LogP contribution in [-0.2, 0) is 6.54 Å². The molecule has 0 aromatic heterocycles. The van der Waals surface area contributed by atoms with Crippen molar-refractivity contribution >= 4 is 23.2 Å². The first-order valence-electron chi connectivity index (χ1n) is 6.56. The molecule has 1 aromatic carbocycles. The van der Waals surface area contributed by atoms with Crippen molar-refractivity contribution < 1.29 is 0 Å². The van der Waals surface area contributed by atoms with Gasteiger partial charge in [0.05, 0.1) is 10.0 Å². The quantitative estimate of drug-likeness (QED) is 0.892. The third kappa shape index (κ3) is 3.86. The molecule has 0 amide bonds. The van der Waals surface area contributed by atoms with E-state index in [1.807, 2.05) is 18.2 Å². The smallest absolute Gasteiger partial charge is 0.0595 e. The maximum atomic E-state index is 5.99. The van der Waals surface area contributed by atoms with Gasteiger partial charge in [-0.25, -0.2) is 0 Å². The van der Waals surface area contributed by atoms with Crippen molar-refractivity contribution in [2.75, 3.05) is 26.2 Å². The molecule has 1 unspecified atom stereocenters. The molecule has 0 aliphatic carbocycles. The van der Waals surface area contributed by atoms with Crippen LogP contribution in [-0.4, -0.2) is 31.1 Å². The van der Waals surface area contributed by atoms with Crippen LogP contribution < -0.4 is 5.32 Å². The summed E-state index contributed by atoms with van der Waals surface area (Å²) in [5.74, 6) is 0.785. The summed E-state index contributed by atoms with van der Waals surface area (Å²) in [6, 6.07) is 5.81. The molecule has 1 saturated heterocycles. The van der Waals surface area contributed by atoms with Gasteiger partial charge >= 0.3 is 0 Å². The Morgan fingerprint density at radius 3 is 2.83 bits per heavy atom. The Labute approximate surface area is 119 Å². The topological polar surface area (TPSA) is 15.3 Å². The van der Waals surface area contributed by atoms with Crippen LogP contribution in [0.15, 0.2) is 18.2 Å². The van der Waals surface area contributed by atoms with E-state index < -0.39 is 0 Å². The zero-order valence-corrected chi connectivity index (χ0v) is 12.3. The Bertz CT molecular complexity index is 395. The minimum Gasteiger partial charge on any atom is -0.312 e. The number of hydrogen-bond donors (Lipinski definition) is 1. The third-order valence-electron chi connectivity index (χ3n) is 3.56. The highest BCUT2D eigenvalue weighted by molar-refractivity contribution is 6.42. The van der Waals surface area contributed by atoms with Gasteiger partial charge in [-0.3, -0.25) is 0 Å². The Morgan fingerprint density at radius 2 is 2.17 bits per heavy atom. The molecule has 2 nitrogen and oxygen atoms in total. The predicted molar refractivity (Wildman–Crippen MR) is 78.4 cm³/mol. The third-order valence-corrected chi connectivity index (χ3v) is 4.30. The van der Waals surface area contributed by atoms with Crippen LogP contribution in [0.1, 0.15) is 18.9 Å². The SMILES string of the molecule is CCN1CCC(CNCc2ccc(Cl)c(Cl)c2)C1. The second kappa shape index (κ2) is 6.76. The lowest BCUT2D eigenvalue weighted by Gasteiger charge is -2.14. The van der Waals surface area contributed by atoms with Crippen LogP contribution in [0, 0.1) is 5.92 Å². The highest BCUT2D eigenvalue weighted by Gasteiger charge is 2.20. The fraction of sp³-hybridized carbons (Fsp3) is 0.571. The molecule has 1 atom stereocenters. The summed E-state index contributed by atoms with van der Waals surface area (Å²) in [5, 5.41) is 4.76. The molecule has 1 aliphatic rings. The zero-order chi connectivity index (χ0) is 13.0. The maximum Gasteiger partial charge on any atom is 0.0595 e. The van der Waals surface area contributed by atoms with E-state index in [2.05, 4.69) is 17.1 Å². The molecule has 18 heavy (non-hydrogen) atoms. The Balaban J connectivity index is 1.73. The van der Waals surface area contributed by atoms with Gasteiger partial charge in [-0.2, -0.15) is 0 Å². The number of rotatable bonds is 5. The Morgan fingerprint density at radius 1 is 1.33 bits per heavy atom. The first-order chi connectivity index (χ1) is 8.69. The number of benzene rings is 1. The van der Waals surface area contributed by atoms with Crippen LogP contribution in [0.5, 0.6) is 0 Å². The van der Waals surface area contributed by atoms with E-state index >= 15 is 0 Å². The largest absolute Gasteiger partial charge is 0.312 e. The normalized spacial score (nSPS) is 20.5. The van der Waals surface area contributed by atoms with Gasteiger partial charge < -0.3 is 10.2 Å². The number of nitrogens with zero attached hydrogens (tertiary/aromatic N) is 1. The molecule has 0 radical (unpaired) electrons. The lowest BCUT2D eigenvalue weighted by molar-refractivity contribution is 0.339. The van der Waals surface area contributed by atoms with Gasteiger partial charge in [-0.05, 0) is 49.7 Å². The van der Waals surface area contributed by atoms with Crippen LogP contribution in [0.2, 0.25) is 10.0 Å². The number of hydrogen-bond acceptors (Lipinski definition) is 2. The highest BCUT2D eigenvalue weighted by atomic mass is 35.5. The molecule has 100 valence electrons. The summed E-state index contributed by atoms with van der Waals surface area (Å²) in [5.41, 5.74) is 1.19. The van der Waals surface area contributed by atoms with E-state index in [-0.39, 0.29) is 0 Å². The fourth-order valence-corrected chi connectivity index (χ4v) is 2.76. The number of halogens is 2. The molecule has 1 fully saturated rings. The van der Waals surface area contributed by atoms with Gasteiger partial charge in [0.1, 0.15) is 0 Å². The molecule has 1 N–H and O–H groups in total. The number of likely N-dealkylation sites (tertiary alicyclic amines) is 1. The van der Waals surface area contributed by atoms with Crippen molar-refractivity contribution in [3.8, 4) is 0 Å². The second-order valence-corrected chi connectivity index (χ2v) is 5.74. The van der Waals surface area contributed by atoms with Crippen molar-refractivity contribution in [3.63, 3.8) is 0 Å². The predicted octanol–water partition coefficient (Wildman–Crippen LogP) is 3.42. The lowest BCUT2D eigenvalue weighted by atomic mass is 10.1. The van der Waals surface area contributed by atoms with E-state index in [1.54, 1.807) is 0 Å². The minimum atomic E-state index is 0.620. The molecule has 4 heteroatoms. The molecule has 0 saturated carbocycles. The van der Waals surface area contributed by atoms with Crippen molar-refractivity contribution in [1.82, 2.24) is 10.2 Å². The van der Waals surface area contributed by atoms with Crippen molar-refractivity contribution in [2.45, 2.75) is 19.9 Å². The second-order valence-electron chi connectivity index (χ2n) is 4.93. The molecule has 2 rings (SSSR count). The fourth-order valence-electron chi connectivity index (χ4n) is 2.44. The lowest BCUT2D eigenvalue weighted by Crippen LogP contribution is -2.26. The van der Waals surface area contributed by atoms with Gasteiger partial charge in [0.25, 0.3) is 0 Å². The van der Waals surface area contributed by atoms with E-state index in [9.17, 15) is 0 Å². The summed E-state index contributed by atoms with van der Waals surface area (Å²) in [6.45, 7) is 7.81. The van der Waals surface area contributed by atoms with Crippen LogP contribution in [0.4, 0.5) is 0 Å². The van der Waals surface area contributed by atoms with Gasteiger partial charge in [0.2, 0.25) is 0 Å². The minimum absolute atomic E-state index is 0.620. The summed E-state index contributed by atoms with van der Waals surface area (Å²) in [7, 11) is 0. The van der Waals surface area contributed by atoms with E-state index in [0.717, 1.165) is 19.0 Å². The summed E-state index contributed by atoms with van der Waals surface area (Å²) in [4.78, 5) is 2.51. The van der Waals surface area contributed by atoms with Crippen LogP contribution in [0.25, 0.3) is 0 Å². The monoisotopic (exact) mass is 286 g/mol. The average molecular weight is 287 g/mol. The van der Waals surface area contributed by atoms with Crippen LogP contribution >= 0.6 is 23.2 Å². The van der Waals surface area contributed by atoms with Crippen molar-refractivity contribution in [1.29, 1.82) is 0 Å². The standard InChI is InChI=1S/C14H20Cl2N2/c1-2-18-6-5-12(10-18)9-17-8-11-3-4-13(15)14(16)7-11/h3-4,7,12,17H,2,5-6,8-10H2,1H3. The molecule has 1 heterocycles. The molecule has 0 bridgehead atoms. The molecular formula is C14H20Cl2N2. The van der Waals surface area contributed by atoms with Crippen molar-refractivity contribution in [3.05, 3.63) is 33.8 Å². The van der Waals surface area contributed by atoms with Crippen molar-refractivity contribution in [2.24, 2.45) is 5.92 Å². The molecule has 1 aliphatic heterocycles. The molecular weight excluding hydrogens is 267 g/mol. The van der Waals surface area contributed by atoms with Gasteiger partial charge in [-0.1, -0.05) is 36.2 Å². The number of nitrogens with one attached hydrogen (secondary N) is 1. The van der Waals surface area contributed by atoms with Gasteiger partial charge in [0, 0.05) is 13.1 Å². The first-order valence-corrected chi connectivity index (χ1v) is 7.31. The Kier molecular flexibility index (Phi) is 5.31. The van der Waals surface area contributed by atoms with Crippen LogP contribution in [0.3, 0.4) is 0 Å². The average Bonchev–Trinajstić information content (AvgIpc) is 2.82. The Hall–Kier alpha value is -0.280. The van der Waals surface area contributed by atoms with Gasteiger partial charge in [0.15, 0.2) is 0 Å². The zero-order valence-electron chi connectivity index (χ0n) is 10.8.